The topological polar surface area (TPSA) is 136 Å². The van der Waals surface area contributed by atoms with Gasteiger partial charge in [0.05, 0.1) is 17.5 Å². The van der Waals surface area contributed by atoms with E-state index < -0.39 is 33.0 Å². The predicted octanol–water partition coefficient (Wildman–Crippen LogP) is 2.12. The van der Waals surface area contributed by atoms with Crippen molar-refractivity contribution in [1.29, 1.82) is 0 Å². The Kier molecular flexibility index (Phi) is 7.19. The Morgan fingerprint density at radius 3 is 2.59 bits per heavy atom. The monoisotopic (exact) mass is 511 g/mol. The van der Waals surface area contributed by atoms with E-state index in [2.05, 4.69) is 20.6 Å². The number of sulfonamides is 1. The molecule has 3 heterocycles. The van der Waals surface area contributed by atoms with Gasteiger partial charge in [0.15, 0.2) is 5.13 Å². The molecular weight excluding hydrogens is 488 g/mol. The number of carbonyl (C=O) groups excluding carboxylic acids is 1. The van der Waals surface area contributed by atoms with Crippen LogP contribution < -0.4 is 11.1 Å². The fraction of sp³-hybridized carbons (Fsp3) is 0.400. The Bertz CT molecular complexity index is 1240. The second-order valence-corrected chi connectivity index (χ2v) is 10.9. The summed E-state index contributed by atoms with van der Waals surface area (Å²) in [4.78, 5) is 16.7. The van der Waals surface area contributed by atoms with Gasteiger partial charge in [-0.3, -0.25) is 9.48 Å². The van der Waals surface area contributed by atoms with Crippen LogP contribution in [0.3, 0.4) is 0 Å². The maximum absolute atomic E-state index is 14.0. The molecule has 10 nitrogen and oxygen atoms in total. The van der Waals surface area contributed by atoms with Crippen LogP contribution in [0.15, 0.2) is 30.6 Å². The summed E-state index contributed by atoms with van der Waals surface area (Å²) in [5, 5.41) is 11.0. The minimum Gasteiger partial charge on any atom is -0.382 e. The van der Waals surface area contributed by atoms with Gasteiger partial charge in [0.25, 0.3) is 0 Å². The number of piperidine rings is 1. The zero-order valence-electron chi connectivity index (χ0n) is 18.0. The molecule has 2 aromatic heterocycles. The first-order chi connectivity index (χ1) is 16.2. The number of nitrogens with two attached hydrogens (primary N) is 1. The third kappa shape index (κ3) is 5.39. The Morgan fingerprint density at radius 2 is 1.94 bits per heavy atom. The molecule has 0 saturated carbocycles. The van der Waals surface area contributed by atoms with E-state index >= 15 is 0 Å². The van der Waals surface area contributed by atoms with Gasteiger partial charge in [-0.1, -0.05) is 22.6 Å². The molecule has 0 bridgehead atoms. The van der Waals surface area contributed by atoms with Crippen LogP contribution in [-0.2, 0) is 16.6 Å². The van der Waals surface area contributed by atoms with Crippen molar-refractivity contribution in [2.24, 2.45) is 0 Å². The minimum absolute atomic E-state index is 0.0199. The second-order valence-electron chi connectivity index (χ2n) is 7.81. The summed E-state index contributed by atoms with van der Waals surface area (Å²) in [5.41, 5.74) is 5.17. The number of aryl methyl sites for hydroxylation is 1. The van der Waals surface area contributed by atoms with Gasteiger partial charge in [-0.05, 0) is 31.4 Å². The lowest BCUT2D eigenvalue weighted by atomic mass is 10.1. The molecule has 182 valence electrons. The van der Waals surface area contributed by atoms with Crippen LogP contribution in [0.4, 0.5) is 19.7 Å². The quantitative estimate of drug-likeness (QED) is 0.417. The summed E-state index contributed by atoms with van der Waals surface area (Å²) < 4.78 is 56.3. The van der Waals surface area contributed by atoms with Crippen molar-refractivity contribution in [3.63, 3.8) is 0 Å². The number of ketones is 1. The molecule has 1 fully saturated rings. The van der Waals surface area contributed by atoms with Crippen molar-refractivity contribution < 1.29 is 22.0 Å². The first kappa shape index (κ1) is 24.2. The van der Waals surface area contributed by atoms with Crippen molar-refractivity contribution >= 4 is 38.1 Å². The molecular formula is C20H23F2N7O3S2. The summed E-state index contributed by atoms with van der Waals surface area (Å²) in [7, 11) is -3.39. The van der Waals surface area contributed by atoms with Crippen LogP contribution >= 0.6 is 11.3 Å². The summed E-state index contributed by atoms with van der Waals surface area (Å²) in [6.45, 7) is 1.16. The van der Waals surface area contributed by atoms with Crippen LogP contribution in [0.1, 0.15) is 34.5 Å². The SMILES string of the molecule is Nc1nc(NC2CCN(S(=O)(=O)CCCn3ccnn3)CC2)sc1C(=O)c1c(F)cccc1F. The number of anilines is 2. The van der Waals surface area contributed by atoms with Crippen molar-refractivity contribution in [1.82, 2.24) is 24.3 Å². The Morgan fingerprint density at radius 1 is 1.24 bits per heavy atom. The average Bonchev–Trinajstić information content (AvgIpc) is 3.43. The summed E-state index contributed by atoms with van der Waals surface area (Å²) >= 11 is 0.914. The van der Waals surface area contributed by atoms with E-state index in [-0.39, 0.29) is 22.5 Å². The summed E-state index contributed by atoms with van der Waals surface area (Å²) in [6.07, 6.45) is 4.72. The maximum Gasteiger partial charge on any atom is 0.214 e. The third-order valence-electron chi connectivity index (χ3n) is 5.49. The second kappa shape index (κ2) is 10.1. The lowest BCUT2D eigenvalue weighted by molar-refractivity contribution is 0.103. The summed E-state index contributed by atoms with van der Waals surface area (Å²) in [5.74, 6) is -2.91. The molecule has 34 heavy (non-hydrogen) atoms. The van der Waals surface area contributed by atoms with E-state index in [9.17, 15) is 22.0 Å². The standard InChI is InChI=1S/C20H23F2N7O3S2/c21-14-3-1-4-15(22)16(14)17(30)18-19(23)26-20(33-18)25-13-5-9-29(10-6-13)34(31,32)12-2-8-28-11-7-24-27-28/h1,3-4,7,11,13H,2,5-6,8-10,12,23H2,(H,25,26). The molecule has 3 aromatic rings. The number of nitrogens with zero attached hydrogens (tertiary/aromatic N) is 5. The Labute approximate surface area is 198 Å². The highest BCUT2D eigenvalue weighted by molar-refractivity contribution is 7.89. The highest BCUT2D eigenvalue weighted by Gasteiger charge is 2.29. The molecule has 0 atom stereocenters. The molecule has 1 saturated heterocycles. The van der Waals surface area contributed by atoms with Gasteiger partial charge in [0.1, 0.15) is 22.3 Å². The van der Waals surface area contributed by atoms with Gasteiger partial charge in [0, 0.05) is 31.9 Å². The number of nitrogen functional groups attached to an aromatic ring is 1. The molecule has 1 aliphatic heterocycles. The van der Waals surface area contributed by atoms with Crippen LogP contribution in [0, 0.1) is 11.6 Å². The smallest absolute Gasteiger partial charge is 0.214 e. The first-order valence-corrected chi connectivity index (χ1v) is 13.0. The van der Waals surface area contributed by atoms with Crippen molar-refractivity contribution in [3.8, 4) is 0 Å². The maximum atomic E-state index is 14.0. The number of carbonyl (C=O) groups is 1. The third-order valence-corrected chi connectivity index (χ3v) is 8.44. The number of benzene rings is 1. The normalized spacial score (nSPS) is 15.5. The highest BCUT2D eigenvalue weighted by Crippen LogP contribution is 2.30. The van der Waals surface area contributed by atoms with Gasteiger partial charge < -0.3 is 11.1 Å². The molecule has 1 aliphatic rings. The van der Waals surface area contributed by atoms with Gasteiger partial charge in [-0.2, -0.15) is 0 Å². The van der Waals surface area contributed by atoms with Crippen LogP contribution in [0.25, 0.3) is 0 Å². The lowest BCUT2D eigenvalue weighted by Gasteiger charge is -2.31. The molecule has 0 aliphatic carbocycles. The van der Waals surface area contributed by atoms with Gasteiger partial charge in [0.2, 0.25) is 15.8 Å². The predicted molar refractivity (Wildman–Crippen MR) is 123 cm³/mol. The van der Waals surface area contributed by atoms with E-state index in [4.69, 9.17) is 5.73 Å². The van der Waals surface area contributed by atoms with E-state index in [1.165, 1.54) is 10.4 Å². The van der Waals surface area contributed by atoms with E-state index in [0.29, 0.717) is 44.0 Å². The number of nitrogens with one attached hydrogen (secondary N) is 1. The number of hydrogen-bond donors (Lipinski definition) is 2. The zero-order valence-corrected chi connectivity index (χ0v) is 19.7. The van der Waals surface area contributed by atoms with Crippen LogP contribution in [0.2, 0.25) is 0 Å². The molecule has 0 spiro atoms. The van der Waals surface area contributed by atoms with Gasteiger partial charge in [-0.15, -0.1) is 5.10 Å². The van der Waals surface area contributed by atoms with Crippen LogP contribution in [0.5, 0.6) is 0 Å². The van der Waals surface area contributed by atoms with E-state index in [1.54, 1.807) is 17.1 Å². The lowest BCUT2D eigenvalue weighted by Crippen LogP contribution is -2.43. The van der Waals surface area contributed by atoms with Gasteiger partial charge >= 0.3 is 0 Å². The number of hydrogen-bond acceptors (Lipinski definition) is 9. The summed E-state index contributed by atoms with van der Waals surface area (Å²) in [6, 6.07) is 3.10. The molecule has 1 aromatic carbocycles. The fourth-order valence-corrected chi connectivity index (χ4v) is 6.15. The minimum atomic E-state index is -3.39. The fourth-order valence-electron chi connectivity index (χ4n) is 3.73. The molecule has 0 radical (unpaired) electrons. The van der Waals surface area contributed by atoms with Gasteiger partial charge in [-0.25, -0.2) is 26.5 Å². The highest BCUT2D eigenvalue weighted by atomic mass is 32.2. The average molecular weight is 512 g/mol. The Balaban J connectivity index is 1.32. The van der Waals surface area contributed by atoms with Crippen molar-refractivity contribution in [3.05, 3.63) is 52.7 Å². The number of thiazole rings is 1. The van der Waals surface area contributed by atoms with Crippen LogP contribution in [-0.4, -0.2) is 63.4 Å². The number of aromatic nitrogens is 4. The molecule has 0 amide bonds. The van der Waals surface area contributed by atoms with E-state index in [0.717, 1.165) is 23.5 Å². The van der Waals surface area contributed by atoms with E-state index in [1.807, 2.05) is 0 Å². The number of halogens is 2. The first-order valence-electron chi connectivity index (χ1n) is 10.6. The number of rotatable bonds is 9. The molecule has 0 unspecified atom stereocenters. The molecule has 4 rings (SSSR count). The molecule has 14 heteroatoms. The Hall–Kier alpha value is -2.97. The largest absolute Gasteiger partial charge is 0.382 e. The van der Waals surface area contributed by atoms with Crippen molar-refractivity contribution in [2.45, 2.75) is 31.8 Å². The van der Waals surface area contributed by atoms with Crippen molar-refractivity contribution in [2.75, 3.05) is 29.9 Å². The molecule has 3 N–H and O–H groups in total. The zero-order chi connectivity index (χ0) is 24.3.